The fourth-order valence-electron chi connectivity index (χ4n) is 1.73. The Hall–Kier alpha value is -0.880. The van der Waals surface area contributed by atoms with Gasteiger partial charge in [-0.05, 0) is 36.3 Å². The molecule has 1 rings (SSSR count). The van der Waals surface area contributed by atoms with Crippen LogP contribution in [-0.2, 0) is 17.9 Å². The van der Waals surface area contributed by atoms with E-state index in [4.69, 9.17) is 5.73 Å². The summed E-state index contributed by atoms with van der Waals surface area (Å²) in [5, 5.41) is 4.42. The van der Waals surface area contributed by atoms with Gasteiger partial charge in [0.25, 0.3) is 0 Å². The highest BCUT2D eigenvalue weighted by atomic mass is 79.9. The zero-order valence-corrected chi connectivity index (χ0v) is 12.1. The lowest BCUT2D eigenvalue weighted by Gasteiger charge is -2.19. The summed E-state index contributed by atoms with van der Waals surface area (Å²) in [6.45, 7) is 8.57. The first-order valence-electron chi connectivity index (χ1n) is 5.72. The van der Waals surface area contributed by atoms with Crippen LogP contribution in [0.2, 0.25) is 0 Å². The maximum absolute atomic E-state index is 10.9. The SMILES string of the molecule is CCN(CC(N)=O)Cc1c(Br)c(C)nn1CC. The molecule has 0 aliphatic rings. The second-order valence-electron chi connectivity index (χ2n) is 3.93. The standard InChI is InChI=1S/C11H19BrN4O/c1-4-15(7-10(13)17)6-9-11(12)8(3)14-16(9)5-2/h4-7H2,1-3H3,(H2,13,17). The number of primary amides is 1. The average Bonchev–Trinajstić information content (AvgIpc) is 2.55. The van der Waals surface area contributed by atoms with Crippen LogP contribution in [0, 0.1) is 6.92 Å². The van der Waals surface area contributed by atoms with Gasteiger partial charge in [-0.15, -0.1) is 0 Å². The highest BCUT2D eigenvalue weighted by molar-refractivity contribution is 9.10. The molecule has 1 heterocycles. The van der Waals surface area contributed by atoms with Crippen LogP contribution in [-0.4, -0.2) is 33.7 Å². The van der Waals surface area contributed by atoms with E-state index in [-0.39, 0.29) is 12.5 Å². The number of halogens is 1. The highest BCUT2D eigenvalue weighted by Crippen LogP contribution is 2.22. The summed E-state index contributed by atoms with van der Waals surface area (Å²) >= 11 is 3.54. The van der Waals surface area contributed by atoms with E-state index in [0.29, 0.717) is 6.54 Å². The van der Waals surface area contributed by atoms with E-state index in [2.05, 4.69) is 21.0 Å². The number of hydrogen-bond acceptors (Lipinski definition) is 3. The molecule has 0 unspecified atom stereocenters. The predicted octanol–water partition coefficient (Wildman–Crippen LogP) is 1.28. The Morgan fingerprint density at radius 2 is 2.18 bits per heavy atom. The molecular weight excluding hydrogens is 284 g/mol. The average molecular weight is 303 g/mol. The summed E-state index contributed by atoms with van der Waals surface area (Å²) < 4.78 is 2.96. The Bertz CT molecular complexity index is 402. The van der Waals surface area contributed by atoms with Crippen molar-refractivity contribution in [2.24, 2.45) is 5.73 Å². The van der Waals surface area contributed by atoms with Gasteiger partial charge in [0.1, 0.15) is 0 Å². The van der Waals surface area contributed by atoms with E-state index in [1.54, 1.807) is 0 Å². The van der Waals surface area contributed by atoms with Crippen molar-refractivity contribution < 1.29 is 4.79 Å². The van der Waals surface area contributed by atoms with Crippen molar-refractivity contribution in [3.8, 4) is 0 Å². The first-order valence-corrected chi connectivity index (χ1v) is 6.51. The van der Waals surface area contributed by atoms with Gasteiger partial charge in [-0.25, -0.2) is 0 Å². The van der Waals surface area contributed by atoms with Crippen molar-refractivity contribution in [1.82, 2.24) is 14.7 Å². The van der Waals surface area contributed by atoms with Crippen LogP contribution in [0.15, 0.2) is 4.47 Å². The molecule has 0 saturated carbocycles. The van der Waals surface area contributed by atoms with Crippen molar-refractivity contribution in [1.29, 1.82) is 0 Å². The molecule has 2 N–H and O–H groups in total. The zero-order chi connectivity index (χ0) is 13.0. The summed E-state index contributed by atoms with van der Waals surface area (Å²) in [5.41, 5.74) is 7.28. The lowest BCUT2D eigenvalue weighted by Crippen LogP contribution is -2.33. The monoisotopic (exact) mass is 302 g/mol. The van der Waals surface area contributed by atoms with Gasteiger partial charge in [-0.2, -0.15) is 5.10 Å². The molecule has 96 valence electrons. The first-order chi connectivity index (χ1) is 7.99. The van der Waals surface area contributed by atoms with E-state index < -0.39 is 0 Å². The lowest BCUT2D eigenvalue weighted by atomic mass is 10.3. The molecule has 0 atom stereocenters. The molecule has 6 heteroatoms. The number of likely N-dealkylation sites (N-methyl/N-ethyl adjacent to an activating group) is 1. The van der Waals surface area contributed by atoms with Gasteiger partial charge in [-0.3, -0.25) is 14.4 Å². The zero-order valence-electron chi connectivity index (χ0n) is 10.5. The predicted molar refractivity (Wildman–Crippen MR) is 70.5 cm³/mol. The highest BCUT2D eigenvalue weighted by Gasteiger charge is 2.15. The van der Waals surface area contributed by atoms with Crippen LogP contribution < -0.4 is 5.73 Å². The van der Waals surface area contributed by atoms with Crippen LogP contribution in [0.5, 0.6) is 0 Å². The molecule has 5 nitrogen and oxygen atoms in total. The largest absolute Gasteiger partial charge is 0.369 e. The third kappa shape index (κ3) is 3.54. The number of carbonyl (C=O) groups is 1. The molecule has 0 aromatic carbocycles. The second-order valence-corrected chi connectivity index (χ2v) is 4.72. The van der Waals surface area contributed by atoms with Crippen LogP contribution in [0.25, 0.3) is 0 Å². The molecule has 0 aliphatic heterocycles. The Kier molecular flexibility index (Phi) is 5.14. The number of hydrogen-bond donors (Lipinski definition) is 1. The minimum absolute atomic E-state index is 0.275. The van der Waals surface area contributed by atoms with E-state index in [1.807, 2.05) is 30.4 Å². The third-order valence-electron chi connectivity index (χ3n) is 2.65. The van der Waals surface area contributed by atoms with Crippen molar-refractivity contribution >= 4 is 21.8 Å². The topological polar surface area (TPSA) is 64.2 Å². The molecule has 0 saturated heterocycles. The van der Waals surface area contributed by atoms with E-state index >= 15 is 0 Å². The number of nitrogens with zero attached hydrogens (tertiary/aromatic N) is 3. The van der Waals surface area contributed by atoms with Gasteiger partial charge < -0.3 is 5.73 Å². The maximum atomic E-state index is 10.9. The number of amides is 1. The van der Waals surface area contributed by atoms with Gasteiger partial charge in [0.15, 0.2) is 0 Å². The molecule has 0 aliphatic carbocycles. The van der Waals surface area contributed by atoms with Crippen molar-refractivity contribution in [3.05, 3.63) is 15.9 Å². The van der Waals surface area contributed by atoms with Crippen LogP contribution >= 0.6 is 15.9 Å². The van der Waals surface area contributed by atoms with Gasteiger partial charge in [-0.1, -0.05) is 6.92 Å². The number of aromatic nitrogens is 2. The normalized spacial score (nSPS) is 11.1. The van der Waals surface area contributed by atoms with Crippen LogP contribution in [0.1, 0.15) is 25.2 Å². The summed E-state index contributed by atoms with van der Waals surface area (Å²) in [6.07, 6.45) is 0. The minimum atomic E-state index is -0.303. The number of aryl methyl sites for hydroxylation is 2. The van der Waals surface area contributed by atoms with Gasteiger partial charge >= 0.3 is 0 Å². The molecule has 17 heavy (non-hydrogen) atoms. The maximum Gasteiger partial charge on any atom is 0.231 e. The molecule has 0 bridgehead atoms. The second kappa shape index (κ2) is 6.16. The third-order valence-corrected chi connectivity index (χ3v) is 3.68. The number of rotatable bonds is 6. The van der Waals surface area contributed by atoms with Crippen LogP contribution in [0.3, 0.4) is 0 Å². The Balaban J connectivity index is 2.88. The van der Waals surface area contributed by atoms with Crippen molar-refractivity contribution in [2.75, 3.05) is 13.1 Å². The van der Waals surface area contributed by atoms with Crippen molar-refractivity contribution in [3.63, 3.8) is 0 Å². The smallest absolute Gasteiger partial charge is 0.231 e. The molecule has 0 radical (unpaired) electrons. The summed E-state index contributed by atoms with van der Waals surface area (Å²) in [7, 11) is 0. The summed E-state index contributed by atoms with van der Waals surface area (Å²) in [5.74, 6) is -0.303. The van der Waals surface area contributed by atoms with Gasteiger partial charge in [0.05, 0.1) is 22.4 Å². The van der Waals surface area contributed by atoms with E-state index in [0.717, 1.165) is 29.0 Å². The molecule has 1 aromatic rings. The van der Waals surface area contributed by atoms with E-state index in [1.165, 1.54) is 0 Å². The number of carbonyl (C=O) groups excluding carboxylic acids is 1. The molecule has 0 spiro atoms. The molecule has 1 amide bonds. The minimum Gasteiger partial charge on any atom is -0.369 e. The fraction of sp³-hybridized carbons (Fsp3) is 0.636. The Labute approximate surface area is 110 Å². The summed E-state index contributed by atoms with van der Waals surface area (Å²) in [4.78, 5) is 12.9. The first kappa shape index (κ1) is 14.2. The van der Waals surface area contributed by atoms with Gasteiger partial charge in [0.2, 0.25) is 5.91 Å². The van der Waals surface area contributed by atoms with Crippen LogP contribution in [0.4, 0.5) is 0 Å². The number of nitrogens with two attached hydrogens (primary N) is 1. The molecular formula is C11H19BrN4O. The summed E-state index contributed by atoms with van der Waals surface area (Å²) in [6, 6.07) is 0. The van der Waals surface area contributed by atoms with E-state index in [9.17, 15) is 4.79 Å². The Morgan fingerprint density at radius 1 is 1.53 bits per heavy atom. The van der Waals surface area contributed by atoms with Gasteiger partial charge in [0, 0.05) is 13.1 Å². The quantitative estimate of drug-likeness (QED) is 0.861. The lowest BCUT2D eigenvalue weighted by molar-refractivity contribution is -0.119. The molecule has 1 aromatic heterocycles. The van der Waals surface area contributed by atoms with Crippen molar-refractivity contribution in [2.45, 2.75) is 33.9 Å². The molecule has 0 fully saturated rings. The Morgan fingerprint density at radius 3 is 2.65 bits per heavy atom. The fourth-order valence-corrected chi connectivity index (χ4v) is 2.14.